The average Bonchev–Trinajstić information content (AvgIpc) is 2.55. The summed E-state index contributed by atoms with van der Waals surface area (Å²) in [5.74, 6) is -1.00. The molecule has 0 fully saturated rings. The fraction of sp³-hybridized carbons (Fsp3) is 0.333. The lowest BCUT2D eigenvalue weighted by molar-refractivity contribution is 0.0690. The highest BCUT2D eigenvalue weighted by atomic mass is 79.9. The first-order valence-electron chi connectivity index (χ1n) is 5.23. The number of nitrogens with zero attached hydrogens (tertiary/aromatic N) is 2. The topological polar surface area (TPSA) is 55.1 Å². The molecule has 0 amide bonds. The number of carbonyl (C=O) groups is 1. The van der Waals surface area contributed by atoms with E-state index in [1.54, 1.807) is 10.7 Å². The lowest BCUT2D eigenvalue weighted by Gasteiger charge is -2.20. The Balaban J connectivity index is 2.85. The second-order valence-corrected chi connectivity index (χ2v) is 5.81. The van der Waals surface area contributed by atoms with Gasteiger partial charge >= 0.3 is 5.97 Å². The summed E-state index contributed by atoms with van der Waals surface area (Å²) in [6.07, 6.45) is 0. The predicted octanol–water partition coefficient (Wildman–Crippen LogP) is 3.25. The third-order valence-electron chi connectivity index (χ3n) is 2.48. The van der Waals surface area contributed by atoms with E-state index in [-0.39, 0.29) is 11.2 Å². The molecule has 0 saturated heterocycles. The van der Waals surface area contributed by atoms with Gasteiger partial charge in [0.2, 0.25) is 0 Å². The quantitative estimate of drug-likeness (QED) is 0.879. The number of rotatable bonds is 1. The number of halogens is 1. The van der Waals surface area contributed by atoms with E-state index >= 15 is 0 Å². The van der Waals surface area contributed by atoms with Crippen LogP contribution in [0.5, 0.6) is 0 Å². The van der Waals surface area contributed by atoms with E-state index in [0.717, 1.165) is 9.99 Å². The summed E-state index contributed by atoms with van der Waals surface area (Å²) in [6.45, 7) is 5.98. The van der Waals surface area contributed by atoms with Gasteiger partial charge in [0.25, 0.3) is 0 Å². The predicted molar refractivity (Wildman–Crippen MR) is 69.4 cm³/mol. The minimum Gasteiger partial charge on any atom is -0.476 e. The van der Waals surface area contributed by atoms with Gasteiger partial charge in [-0.1, -0.05) is 15.9 Å². The van der Waals surface area contributed by atoms with E-state index in [1.165, 1.54) is 0 Å². The van der Waals surface area contributed by atoms with Crippen LogP contribution in [0.3, 0.4) is 0 Å². The maximum absolute atomic E-state index is 11.2. The van der Waals surface area contributed by atoms with E-state index in [0.29, 0.717) is 5.39 Å². The van der Waals surface area contributed by atoms with Crippen molar-refractivity contribution in [3.63, 3.8) is 0 Å². The summed E-state index contributed by atoms with van der Waals surface area (Å²) in [5, 5.41) is 14.0. The van der Waals surface area contributed by atoms with Gasteiger partial charge in [-0.3, -0.25) is 4.68 Å². The van der Waals surface area contributed by atoms with Gasteiger partial charge in [-0.15, -0.1) is 0 Å². The Bertz CT molecular complexity index is 596. The molecule has 0 aliphatic heterocycles. The Morgan fingerprint density at radius 1 is 1.41 bits per heavy atom. The number of hydrogen-bond acceptors (Lipinski definition) is 2. The zero-order valence-corrected chi connectivity index (χ0v) is 11.4. The number of aromatic carboxylic acids is 1. The van der Waals surface area contributed by atoms with Crippen LogP contribution in [-0.2, 0) is 5.54 Å². The first-order valence-corrected chi connectivity index (χ1v) is 6.02. The molecule has 0 atom stereocenters. The van der Waals surface area contributed by atoms with Crippen molar-refractivity contribution in [1.82, 2.24) is 9.78 Å². The number of hydrogen-bond donors (Lipinski definition) is 1. The summed E-state index contributed by atoms with van der Waals surface area (Å²) in [4.78, 5) is 11.2. The normalized spacial score (nSPS) is 12.0. The fourth-order valence-corrected chi connectivity index (χ4v) is 2.12. The number of carboxylic acid groups (broad SMARTS) is 1. The Morgan fingerprint density at radius 3 is 2.59 bits per heavy atom. The molecule has 0 saturated carbocycles. The molecule has 1 aromatic carbocycles. The van der Waals surface area contributed by atoms with E-state index in [4.69, 9.17) is 5.11 Å². The van der Waals surface area contributed by atoms with Crippen molar-refractivity contribution in [1.29, 1.82) is 0 Å². The summed E-state index contributed by atoms with van der Waals surface area (Å²) >= 11 is 3.35. The van der Waals surface area contributed by atoms with Crippen molar-refractivity contribution in [2.75, 3.05) is 0 Å². The van der Waals surface area contributed by atoms with Gasteiger partial charge in [-0.25, -0.2) is 4.79 Å². The van der Waals surface area contributed by atoms with Crippen molar-refractivity contribution in [2.24, 2.45) is 0 Å². The first kappa shape index (κ1) is 12.1. The molecule has 2 aromatic rings. The van der Waals surface area contributed by atoms with Crippen molar-refractivity contribution < 1.29 is 9.90 Å². The van der Waals surface area contributed by atoms with Crippen molar-refractivity contribution in [2.45, 2.75) is 26.3 Å². The van der Waals surface area contributed by atoms with E-state index in [2.05, 4.69) is 21.0 Å². The molecule has 1 N–H and O–H groups in total. The van der Waals surface area contributed by atoms with Crippen LogP contribution in [0.1, 0.15) is 31.3 Å². The Hall–Kier alpha value is -1.36. The highest BCUT2D eigenvalue weighted by Gasteiger charge is 2.23. The molecule has 5 heteroatoms. The molecule has 1 heterocycles. The molecule has 0 aliphatic carbocycles. The van der Waals surface area contributed by atoms with Crippen molar-refractivity contribution >= 4 is 32.8 Å². The molecular formula is C12H13BrN2O2. The van der Waals surface area contributed by atoms with Crippen LogP contribution in [0.15, 0.2) is 22.7 Å². The van der Waals surface area contributed by atoms with Crippen LogP contribution in [0.25, 0.3) is 10.9 Å². The van der Waals surface area contributed by atoms with E-state index < -0.39 is 5.97 Å². The highest BCUT2D eigenvalue weighted by Crippen LogP contribution is 2.27. The van der Waals surface area contributed by atoms with Gasteiger partial charge in [0.05, 0.1) is 11.1 Å². The SMILES string of the molecule is CC(C)(C)n1nc(C(=O)O)c2cc(Br)ccc21. The molecule has 1 aromatic heterocycles. The Morgan fingerprint density at radius 2 is 2.06 bits per heavy atom. The monoisotopic (exact) mass is 296 g/mol. The van der Waals surface area contributed by atoms with Crippen LogP contribution in [0.4, 0.5) is 0 Å². The van der Waals surface area contributed by atoms with E-state index in [9.17, 15) is 4.79 Å². The van der Waals surface area contributed by atoms with Gasteiger partial charge in [-0.05, 0) is 39.0 Å². The minimum atomic E-state index is -1.00. The molecule has 4 nitrogen and oxygen atoms in total. The molecule has 0 aliphatic rings. The van der Waals surface area contributed by atoms with Crippen molar-refractivity contribution in [3.8, 4) is 0 Å². The summed E-state index contributed by atoms with van der Waals surface area (Å²) in [6, 6.07) is 5.55. The molecule has 0 radical (unpaired) electrons. The summed E-state index contributed by atoms with van der Waals surface area (Å²) in [7, 11) is 0. The minimum absolute atomic E-state index is 0.0937. The second-order valence-electron chi connectivity index (χ2n) is 4.90. The number of benzene rings is 1. The van der Waals surface area contributed by atoms with Gasteiger partial charge in [0.1, 0.15) is 0 Å². The largest absolute Gasteiger partial charge is 0.476 e. The molecule has 0 unspecified atom stereocenters. The zero-order valence-electron chi connectivity index (χ0n) is 9.86. The van der Waals surface area contributed by atoms with Gasteiger partial charge in [0, 0.05) is 9.86 Å². The van der Waals surface area contributed by atoms with Crippen LogP contribution in [0.2, 0.25) is 0 Å². The zero-order chi connectivity index (χ0) is 12.8. The molecule has 17 heavy (non-hydrogen) atoms. The maximum atomic E-state index is 11.2. The fourth-order valence-electron chi connectivity index (χ4n) is 1.76. The van der Waals surface area contributed by atoms with Crippen LogP contribution in [0, 0.1) is 0 Å². The second kappa shape index (κ2) is 3.84. The highest BCUT2D eigenvalue weighted by molar-refractivity contribution is 9.10. The molecule has 0 bridgehead atoms. The molecule has 2 rings (SSSR count). The van der Waals surface area contributed by atoms with E-state index in [1.807, 2.05) is 32.9 Å². The van der Waals surface area contributed by atoms with Crippen LogP contribution in [-0.4, -0.2) is 20.9 Å². The lowest BCUT2D eigenvalue weighted by atomic mass is 10.1. The first-order chi connectivity index (χ1) is 7.80. The van der Waals surface area contributed by atoms with Gasteiger partial charge < -0.3 is 5.11 Å². The van der Waals surface area contributed by atoms with Crippen LogP contribution >= 0.6 is 15.9 Å². The van der Waals surface area contributed by atoms with Crippen LogP contribution < -0.4 is 0 Å². The number of fused-ring (bicyclic) bond motifs is 1. The van der Waals surface area contributed by atoms with Gasteiger partial charge in [-0.2, -0.15) is 5.10 Å². The maximum Gasteiger partial charge on any atom is 0.357 e. The number of aromatic nitrogens is 2. The smallest absolute Gasteiger partial charge is 0.357 e. The summed E-state index contributed by atoms with van der Waals surface area (Å²) < 4.78 is 2.60. The molecule has 90 valence electrons. The summed E-state index contributed by atoms with van der Waals surface area (Å²) in [5.41, 5.74) is 0.675. The third-order valence-corrected chi connectivity index (χ3v) is 2.97. The molecular weight excluding hydrogens is 284 g/mol. The van der Waals surface area contributed by atoms with Gasteiger partial charge in [0.15, 0.2) is 5.69 Å². The third kappa shape index (κ3) is 2.07. The Labute approximate surface area is 107 Å². The van der Waals surface area contributed by atoms with Crippen molar-refractivity contribution in [3.05, 3.63) is 28.4 Å². The lowest BCUT2D eigenvalue weighted by Crippen LogP contribution is -2.23. The average molecular weight is 297 g/mol. The standard InChI is InChI=1S/C12H13BrN2O2/c1-12(2,3)15-9-5-4-7(13)6-8(9)10(14-15)11(16)17/h4-6H,1-3H3,(H,16,17). The number of carboxylic acids is 1. The molecule has 0 spiro atoms. The Kier molecular flexibility index (Phi) is 2.73.